The van der Waals surface area contributed by atoms with Crippen LogP contribution in [0.2, 0.25) is 0 Å². The second-order valence-electron chi connectivity index (χ2n) is 4.60. The molecule has 1 aliphatic rings. The summed E-state index contributed by atoms with van der Waals surface area (Å²) in [5.41, 5.74) is 0. The lowest BCUT2D eigenvalue weighted by atomic mass is 9.99. The highest BCUT2D eigenvalue weighted by atomic mass is 16.6. The van der Waals surface area contributed by atoms with Gasteiger partial charge in [0.15, 0.2) is 12.2 Å². The summed E-state index contributed by atoms with van der Waals surface area (Å²) in [6, 6.07) is 0. The Labute approximate surface area is 122 Å². The molecule has 0 radical (unpaired) electrons. The highest BCUT2D eigenvalue weighted by molar-refractivity contribution is 5.67. The van der Waals surface area contributed by atoms with Gasteiger partial charge in [0.1, 0.15) is 18.8 Å². The van der Waals surface area contributed by atoms with E-state index in [1.54, 1.807) is 0 Å². The number of ether oxygens (including phenoxy) is 5. The molecule has 8 nitrogen and oxygen atoms in total. The van der Waals surface area contributed by atoms with Crippen molar-refractivity contribution in [3.63, 3.8) is 0 Å². The van der Waals surface area contributed by atoms with Crippen molar-refractivity contribution in [2.75, 3.05) is 20.3 Å². The first-order chi connectivity index (χ1) is 9.85. The molecule has 1 heterocycles. The molecule has 120 valence electrons. The van der Waals surface area contributed by atoms with Gasteiger partial charge in [-0.1, -0.05) is 0 Å². The van der Waals surface area contributed by atoms with Crippen molar-refractivity contribution in [2.45, 2.75) is 45.2 Å². The van der Waals surface area contributed by atoms with Crippen LogP contribution in [0.5, 0.6) is 0 Å². The molecule has 0 bridgehead atoms. The van der Waals surface area contributed by atoms with Crippen LogP contribution in [-0.4, -0.2) is 62.6 Å². The van der Waals surface area contributed by atoms with Crippen molar-refractivity contribution in [1.29, 1.82) is 0 Å². The van der Waals surface area contributed by atoms with Crippen LogP contribution >= 0.6 is 0 Å². The molecule has 1 saturated heterocycles. The van der Waals surface area contributed by atoms with Crippen LogP contribution in [0.4, 0.5) is 0 Å². The van der Waals surface area contributed by atoms with E-state index in [1.165, 1.54) is 27.9 Å². The van der Waals surface area contributed by atoms with E-state index in [0.29, 0.717) is 0 Å². The standard InChI is InChI=1S/C13H20O8/c1-7(14)18-6-11-13(21-9(3)16)12(20-8(2)15)10(17-4)5-19-11/h10-13H,5-6H2,1-4H3/t10-,11+,12-,13-/m0/s1. The maximum Gasteiger partial charge on any atom is 0.303 e. The minimum absolute atomic E-state index is 0.110. The van der Waals surface area contributed by atoms with Gasteiger partial charge in [-0.2, -0.15) is 0 Å². The summed E-state index contributed by atoms with van der Waals surface area (Å²) in [6.45, 7) is 3.74. The number of hydrogen-bond acceptors (Lipinski definition) is 8. The first kappa shape index (κ1) is 17.4. The summed E-state index contributed by atoms with van der Waals surface area (Å²) >= 11 is 0. The Hall–Kier alpha value is -1.67. The lowest BCUT2D eigenvalue weighted by Crippen LogP contribution is -2.58. The van der Waals surface area contributed by atoms with Crippen LogP contribution in [0.25, 0.3) is 0 Å². The second kappa shape index (κ2) is 7.94. The lowest BCUT2D eigenvalue weighted by molar-refractivity contribution is -0.229. The zero-order valence-electron chi connectivity index (χ0n) is 12.5. The summed E-state index contributed by atoms with van der Waals surface area (Å²) in [7, 11) is 1.43. The largest absolute Gasteiger partial charge is 0.463 e. The van der Waals surface area contributed by atoms with E-state index in [1.807, 2.05) is 0 Å². The second-order valence-corrected chi connectivity index (χ2v) is 4.60. The van der Waals surface area contributed by atoms with Crippen molar-refractivity contribution >= 4 is 17.9 Å². The summed E-state index contributed by atoms with van der Waals surface area (Å²) < 4.78 is 25.9. The van der Waals surface area contributed by atoms with Gasteiger partial charge in [-0.25, -0.2) is 0 Å². The van der Waals surface area contributed by atoms with E-state index < -0.39 is 42.3 Å². The van der Waals surface area contributed by atoms with Gasteiger partial charge in [-0.05, 0) is 0 Å². The number of carbonyl (C=O) groups excluding carboxylic acids is 3. The SMILES string of the molecule is CO[C@H]1CO[C@H](COC(C)=O)[C@H](OC(C)=O)[C@H]1OC(C)=O. The van der Waals surface area contributed by atoms with Crippen molar-refractivity contribution in [3.05, 3.63) is 0 Å². The maximum atomic E-state index is 11.3. The van der Waals surface area contributed by atoms with Crippen molar-refractivity contribution in [1.82, 2.24) is 0 Å². The molecule has 0 aliphatic carbocycles. The van der Waals surface area contributed by atoms with Gasteiger partial charge in [0, 0.05) is 27.9 Å². The van der Waals surface area contributed by atoms with Gasteiger partial charge < -0.3 is 23.7 Å². The van der Waals surface area contributed by atoms with Gasteiger partial charge in [0.2, 0.25) is 0 Å². The van der Waals surface area contributed by atoms with Gasteiger partial charge in [0.25, 0.3) is 0 Å². The fourth-order valence-electron chi connectivity index (χ4n) is 2.05. The summed E-state index contributed by atoms with van der Waals surface area (Å²) in [5, 5.41) is 0. The fraction of sp³-hybridized carbons (Fsp3) is 0.769. The predicted octanol–water partition coefficient (Wildman–Crippen LogP) is -0.173. The van der Waals surface area contributed by atoms with E-state index in [0.717, 1.165) is 0 Å². The van der Waals surface area contributed by atoms with E-state index >= 15 is 0 Å². The number of carbonyl (C=O) groups is 3. The number of methoxy groups -OCH3 is 1. The van der Waals surface area contributed by atoms with E-state index in [4.69, 9.17) is 23.7 Å². The number of hydrogen-bond donors (Lipinski definition) is 0. The first-order valence-corrected chi connectivity index (χ1v) is 6.47. The molecule has 0 aromatic carbocycles. The average molecular weight is 304 g/mol. The minimum Gasteiger partial charge on any atom is -0.463 e. The molecule has 8 heteroatoms. The highest BCUT2D eigenvalue weighted by Gasteiger charge is 2.45. The molecule has 0 saturated carbocycles. The van der Waals surface area contributed by atoms with Crippen molar-refractivity contribution < 1.29 is 38.1 Å². The zero-order chi connectivity index (χ0) is 16.0. The quantitative estimate of drug-likeness (QED) is 0.510. The Bertz CT molecular complexity index is 394. The van der Waals surface area contributed by atoms with E-state index in [9.17, 15) is 14.4 Å². The third-order valence-electron chi connectivity index (χ3n) is 2.89. The Balaban J connectivity index is 2.89. The van der Waals surface area contributed by atoms with E-state index in [-0.39, 0.29) is 13.2 Å². The predicted molar refractivity (Wildman–Crippen MR) is 68.3 cm³/mol. The highest BCUT2D eigenvalue weighted by Crippen LogP contribution is 2.24. The normalized spacial score (nSPS) is 28.6. The minimum atomic E-state index is -0.913. The zero-order valence-corrected chi connectivity index (χ0v) is 12.5. The average Bonchev–Trinajstić information content (AvgIpc) is 2.37. The first-order valence-electron chi connectivity index (χ1n) is 6.47. The van der Waals surface area contributed by atoms with Crippen molar-refractivity contribution in [3.8, 4) is 0 Å². The Morgan fingerprint density at radius 2 is 1.57 bits per heavy atom. The molecule has 1 rings (SSSR count). The Kier molecular flexibility index (Phi) is 6.57. The smallest absolute Gasteiger partial charge is 0.303 e. The molecular formula is C13H20O8. The molecule has 0 amide bonds. The lowest BCUT2D eigenvalue weighted by Gasteiger charge is -2.40. The van der Waals surface area contributed by atoms with E-state index in [2.05, 4.69) is 0 Å². The number of esters is 3. The van der Waals surface area contributed by atoms with Crippen LogP contribution in [-0.2, 0) is 38.1 Å². The fourth-order valence-corrected chi connectivity index (χ4v) is 2.05. The Morgan fingerprint density at radius 3 is 2.05 bits per heavy atom. The van der Waals surface area contributed by atoms with Crippen LogP contribution < -0.4 is 0 Å². The topological polar surface area (TPSA) is 97.4 Å². The third kappa shape index (κ3) is 5.31. The molecular weight excluding hydrogens is 284 g/mol. The molecule has 0 aromatic rings. The molecule has 0 aromatic heterocycles. The Morgan fingerprint density at radius 1 is 1.00 bits per heavy atom. The molecule has 0 N–H and O–H groups in total. The molecule has 4 atom stereocenters. The van der Waals surface area contributed by atoms with Crippen LogP contribution in [0.15, 0.2) is 0 Å². The van der Waals surface area contributed by atoms with Gasteiger partial charge in [-0.15, -0.1) is 0 Å². The molecule has 1 aliphatic heterocycles. The van der Waals surface area contributed by atoms with Gasteiger partial charge >= 0.3 is 17.9 Å². The van der Waals surface area contributed by atoms with Crippen LogP contribution in [0, 0.1) is 0 Å². The summed E-state index contributed by atoms with van der Waals surface area (Å²) in [5.74, 6) is -1.59. The van der Waals surface area contributed by atoms with Crippen LogP contribution in [0.3, 0.4) is 0 Å². The summed E-state index contributed by atoms with van der Waals surface area (Å²) in [6.07, 6.45) is -3.05. The third-order valence-corrected chi connectivity index (χ3v) is 2.89. The van der Waals surface area contributed by atoms with Crippen molar-refractivity contribution in [2.24, 2.45) is 0 Å². The monoisotopic (exact) mass is 304 g/mol. The summed E-state index contributed by atoms with van der Waals surface area (Å²) in [4.78, 5) is 33.4. The molecule has 0 unspecified atom stereocenters. The molecule has 1 fully saturated rings. The van der Waals surface area contributed by atoms with Gasteiger partial charge in [-0.3, -0.25) is 14.4 Å². The maximum absolute atomic E-state index is 11.3. The van der Waals surface area contributed by atoms with Gasteiger partial charge in [0.05, 0.1) is 6.61 Å². The molecule has 21 heavy (non-hydrogen) atoms. The molecule has 0 spiro atoms. The van der Waals surface area contributed by atoms with Crippen LogP contribution in [0.1, 0.15) is 20.8 Å². The number of rotatable bonds is 5.